The molecule has 0 aliphatic carbocycles. The first-order valence-corrected chi connectivity index (χ1v) is 8.65. The molecule has 22 heavy (non-hydrogen) atoms. The van der Waals surface area contributed by atoms with Crippen LogP contribution in [0.5, 0.6) is 0 Å². The van der Waals surface area contributed by atoms with Crippen LogP contribution < -0.4 is 5.32 Å². The summed E-state index contributed by atoms with van der Waals surface area (Å²) in [5, 5.41) is 9.82. The molecule has 1 amide bonds. The highest BCUT2D eigenvalue weighted by Gasteiger charge is 2.10. The lowest BCUT2D eigenvalue weighted by Gasteiger charge is -1.99. The number of hydrogen-bond donors (Lipinski definition) is 1. The van der Waals surface area contributed by atoms with Crippen molar-refractivity contribution in [1.82, 2.24) is 4.98 Å². The maximum absolute atomic E-state index is 12.1. The molecular weight excluding hydrogens is 312 g/mol. The third kappa shape index (κ3) is 2.49. The van der Waals surface area contributed by atoms with Gasteiger partial charge in [-0.25, -0.2) is 4.98 Å². The smallest absolute Gasteiger partial charge is 0.230 e. The fourth-order valence-electron chi connectivity index (χ4n) is 2.46. The summed E-state index contributed by atoms with van der Waals surface area (Å²) in [5.41, 5.74) is 1.99. The number of carbonyl (C=O) groups excluding carboxylic acids is 1. The molecule has 4 aromatic rings. The van der Waals surface area contributed by atoms with E-state index < -0.39 is 0 Å². The second-order valence-electron chi connectivity index (χ2n) is 5.01. The molecule has 5 heteroatoms. The first-order valence-electron chi connectivity index (χ1n) is 6.89. The van der Waals surface area contributed by atoms with E-state index in [9.17, 15) is 4.79 Å². The van der Waals surface area contributed by atoms with Crippen molar-refractivity contribution in [2.75, 3.05) is 5.32 Å². The van der Waals surface area contributed by atoms with Crippen LogP contribution in [0.25, 0.3) is 21.0 Å². The van der Waals surface area contributed by atoms with Crippen molar-refractivity contribution in [3.8, 4) is 0 Å². The molecule has 0 aliphatic heterocycles. The summed E-state index contributed by atoms with van der Waals surface area (Å²) < 4.78 is 1.09. The molecule has 0 spiro atoms. The molecule has 108 valence electrons. The zero-order valence-corrected chi connectivity index (χ0v) is 13.2. The lowest BCUT2D eigenvalue weighted by Crippen LogP contribution is -2.13. The number of thiophene rings is 1. The summed E-state index contributed by atoms with van der Waals surface area (Å²) >= 11 is 3.11. The number of fused-ring (bicyclic) bond motifs is 3. The van der Waals surface area contributed by atoms with Gasteiger partial charge in [0.2, 0.25) is 5.91 Å². The van der Waals surface area contributed by atoms with Crippen molar-refractivity contribution in [1.29, 1.82) is 0 Å². The Morgan fingerprint density at radius 2 is 2.05 bits per heavy atom. The Kier molecular flexibility index (Phi) is 3.36. The van der Waals surface area contributed by atoms with Gasteiger partial charge in [0.15, 0.2) is 5.13 Å². The van der Waals surface area contributed by atoms with Gasteiger partial charge < -0.3 is 5.32 Å². The van der Waals surface area contributed by atoms with Crippen molar-refractivity contribution < 1.29 is 4.79 Å². The van der Waals surface area contributed by atoms with Gasteiger partial charge in [-0.1, -0.05) is 41.7 Å². The van der Waals surface area contributed by atoms with Crippen LogP contribution in [-0.2, 0) is 11.2 Å². The number of carbonyl (C=O) groups is 1. The van der Waals surface area contributed by atoms with Crippen LogP contribution in [0.4, 0.5) is 5.13 Å². The lowest BCUT2D eigenvalue weighted by atomic mass is 10.1. The van der Waals surface area contributed by atoms with Crippen LogP contribution in [0.3, 0.4) is 0 Å². The van der Waals surface area contributed by atoms with Crippen molar-refractivity contribution in [2.24, 2.45) is 0 Å². The quantitative estimate of drug-likeness (QED) is 0.594. The van der Waals surface area contributed by atoms with Crippen molar-refractivity contribution in [3.05, 3.63) is 58.8 Å². The van der Waals surface area contributed by atoms with Crippen LogP contribution in [-0.4, -0.2) is 10.9 Å². The third-order valence-corrected chi connectivity index (χ3v) is 5.14. The molecule has 2 aromatic heterocycles. The lowest BCUT2D eigenvalue weighted by molar-refractivity contribution is -0.115. The standard InChI is InChI=1S/C17H12N2OS2/c20-15(9-11-7-8-21-10-11)18-17-19-16-13-4-2-1-3-12(13)5-6-14(16)22-17/h1-8,10H,9H2,(H,18,19,20). The maximum Gasteiger partial charge on any atom is 0.230 e. The Morgan fingerprint density at radius 1 is 1.14 bits per heavy atom. The molecule has 0 saturated heterocycles. The van der Waals surface area contributed by atoms with Gasteiger partial charge in [-0.2, -0.15) is 11.3 Å². The van der Waals surface area contributed by atoms with E-state index in [1.807, 2.05) is 29.0 Å². The molecule has 2 heterocycles. The third-order valence-electron chi connectivity index (χ3n) is 3.47. The number of amides is 1. The highest BCUT2D eigenvalue weighted by molar-refractivity contribution is 7.22. The number of benzene rings is 2. The van der Waals surface area contributed by atoms with Gasteiger partial charge in [-0.05, 0) is 33.8 Å². The minimum atomic E-state index is -0.0261. The zero-order chi connectivity index (χ0) is 14.9. The second kappa shape index (κ2) is 5.51. The summed E-state index contributed by atoms with van der Waals surface area (Å²) in [6.45, 7) is 0. The minimum absolute atomic E-state index is 0.0261. The maximum atomic E-state index is 12.1. The molecule has 0 bridgehead atoms. The van der Waals surface area contributed by atoms with Crippen LogP contribution in [0, 0.1) is 0 Å². The molecule has 0 saturated carbocycles. The summed E-state index contributed by atoms with van der Waals surface area (Å²) in [6, 6.07) is 14.3. The first-order chi connectivity index (χ1) is 10.8. The average molecular weight is 324 g/mol. The monoisotopic (exact) mass is 324 g/mol. The number of aromatic nitrogens is 1. The number of nitrogens with zero attached hydrogens (tertiary/aromatic N) is 1. The van der Waals surface area contributed by atoms with Crippen LogP contribution in [0.15, 0.2) is 53.2 Å². The fourth-order valence-corrected chi connectivity index (χ4v) is 4.02. The highest BCUT2D eigenvalue weighted by Crippen LogP contribution is 2.31. The average Bonchev–Trinajstić information content (AvgIpc) is 3.16. The van der Waals surface area contributed by atoms with Gasteiger partial charge in [0.25, 0.3) is 0 Å². The first kappa shape index (κ1) is 13.4. The second-order valence-corrected chi connectivity index (χ2v) is 6.82. The molecule has 0 fully saturated rings. The molecule has 3 nitrogen and oxygen atoms in total. The Bertz CT molecular complexity index is 957. The van der Waals surface area contributed by atoms with E-state index in [-0.39, 0.29) is 5.91 Å². The summed E-state index contributed by atoms with van der Waals surface area (Å²) in [7, 11) is 0. The normalized spacial score (nSPS) is 11.1. The summed E-state index contributed by atoms with van der Waals surface area (Å²) in [4.78, 5) is 16.7. The van der Waals surface area contributed by atoms with Crippen LogP contribution in [0.1, 0.15) is 5.56 Å². The van der Waals surface area contributed by atoms with Gasteiger partial charge in [0.1, 0.15) is 0 Å². The largest absolute Gasteiger partial charge is 0.302 e. The number of thiazole rings is 1. The van der Waals surface area contributed by atoms with E-state index in [2.05, 4.69) is 34.6 Å². The number of anilines is 1. The van der Waals surface area contributed by atoms with E-state index in [0.29, 0.717) is 11.6 Å². The van der Waals surface area contributed by atoms with Crippen molar-refractivity contribution >= 4 is 54.7 Å². The van der Waals surface area contributed by atoms with Crippen LogP contribution >= 0.6 is 22.7 Å². The Labute approximate surface area is 135 Å². The molecular formula is C17H12N2OS2. The van der Waals surface area contributed by atoms with E-state index in [0.717, 1.165) is 26.6 Å². The molecule has 0 radical (unpaired) electrons. The Hall–Kier alpha value is -2.24. The zero-order valence-electron chi connectivity index (χ0n) is 11.6. The van der Waals surface area contributed by atoms with E-state index in [4.69, 9.17) is 0 Å². The predicted octanol–water partition coefficient (Wildman–Crippen LogP) is 4.69. The molecule has 2 aromatic carbocycles. The highest BCUT2D eigenvalue weighted by atomic mass is 32.1. The van der Waals surface area contributed by atoms with Crippen molar-refractivity contribution in [3.63, 3.8) is 0 Å². The number of hydrogen-bond acceptors (Lipinski definition) is 4. The van der Waals surface area contributed by atoms with Crippen molar-refractivity contribution in [2.45, 2.75) is 6.42 Å². The van der Waals surface area contributed by atoms with E-state index >= 15 is 0 Å². The number of rotatable bonds is 3. The predicted molar refractivity (Wildman–Crippen MR) is 93.8 cm³/mol. The SMILES string of the molecule is O=C(Cc1ccsc1)Nc1nc2c(ccc3ccccc32)s1. The van der Waals surface area contributed by atoms with Gasteiger partial charge in [0, 0.05) is 5.39 Å². The molecule has 4 rings (SSSR count). The van der Waals surface area contributed by atoms with Gasteiger partial charge in [-0.15, -0.1) is 0 Å². The van der Waals surface area contributed by atoms with Gasteiger partial charge in [0.05, 0.1) is 16.6 Å². The Balaban J connectivity index is 1.65. The van der Waals surface area contributed by atoms with Crippen LogP contribution in [0.2, 0.25) is 0 Å². The molecule has 0 aliphatic rings. The minimum Gasteiger partial charge on any atom is -0.302 e. The molecule has 0 atom stereocenters. The molecule has 1 N–H and O–H groups in total. The fraction of sp³-hybridized carbons (Fsp3) is 0.0588. The molecule has 0 unspecified atom stereocenters. The summed E-state index contributed by atoms with van der Waals surface area (Å²) in [5.74, 6) is -0.0261. The van der Waals surface area contributed by atoms with Gasteiger partial charge >= 0.3 is 0 Å². The van der Waals surface area contributed by atoms with E-state index in [1.165, 1.54) is 11.3 Å². The van der Waals surface area contributed by atoms with E-state index in [1.54, 1.807) is 11.3 Å². The summed E-state index contributed by atoms with van der Waals surface area (Å²) in [6.07, 6.45) is 0.389. The number of nitrogens with one attached hydrogen (secondary N) is 1. The van der Waals surface area contributed by atoms with Gasteiger partial charge in [-0.3, -0.25) is 4.79 Å². The Morgan fingerprint density at radius 3 is 2.91 bits per heavy atom. The topological polar surface area (TPSA) is 42.0 Å².